The average molecular weight is 202 g/mol. The van der Waals surface area contributed by atoms with Gasteiger partial charge in [0.2, 0.25) is 0 Å². The highest BCUT2D eigenvalue weighted by Gasteiger charge is 2.26. The molecule has 0 atom stereocenters. The Hall–Kier alpha value is -1.86. The molecule has 1 fully saturated rings. The van der Waals surface area contributed by atoms with Crippen LogP contribution in [0, 0.1) is 11.3 Å². The molecule has 1 aliphatic heterocycles. The Morgan fingerprint density at radius 2 is 2.27 bits per heavy atom. The molecule has 1 aromatic rings. The van der Waals surface area contributed by atoms with E-state index in [1.54, 1.807) is 18.2 Å². The Balaban J connectivity index is 2.32. The van der Waals surface area contributed by atoms with Crippen molar-refractivity contribution < 1.29 is 9.90 Å². The number of aliphatic hydroxyl groups is 1. The molecule has 0 saturated carbocycles. The van der Waals surface area contributed by atoms with E-state index in [9.17, 15) is 4.79 Å². The van der Waals surface area contributed by atoms with Gasteiger partial charge >= 0.3 is 0 Å². The highest BCUT2D eigenvalue weighted by molar-refractivity contribution is 5.78. The van der Waals surface area contributed by atoms with Crippen molar-refractivity contribution in [1.82, 2.24) is 0 Å². The van der Waals surface area contributed by atoms with Gasteiger partial charge in [0.05, 0.1) is 17.4 Å². The van der Waals surface area contributed by atoms with E-state index in [4.69, 9.17) is 10.4 Å². The van der Waals surface area contributed by atoms with Gasteiger partial charge in [-0.1, -0.05) is 0 Å². The maximum Gasteiger partial charge on any atom is 0.150 e. The summed E-state index contributed by atoms with van der Waals surface area (Å²) in [5.41, 5.74) is 1.76. The van der Waals surface area contributed by atoms with Gasteiger partial charge in [-0.15, -0.1) is 0 Å². The Kier molecular flexibility index (Phi) is 2.40. The number of carbonyl (C=O) groups is 1. The number of benzene rings is 1. The van der Waals surface area contributed by atoms with Crippen molar-refractivity contribution in [3.05, 3.63) is 29.3 Å². The highest BCUT2D eigenvalue weighted by atomic mass is 16.3. The van der Waals surface area contributed by atoms with Crippen LogP contribution in [0.25, 0.3) is 0 Å². The minimum absolute atomic E-state index is 0.303. The Bertz CT molecular complexity index is 431. The molecule has 0 aromatic heterocycles. The molecular formula is C11H10N2O2. The Labute approximate surface area is 87.4 Å². The Morgan fingerprint density at radius 1 is 1.53 bits per heavy atom. The number of rotatable bonds is 2. The van der Waals surface area contributed by atoms with Crippen LogP contribution in [0.3, 0.4) is 0 Å². The van der Waals surface area contributed by atoms with Crippen LogP contribution >= 0.6 is 0 Å². The number of aldehydes is 1. The zero-order valence-corrected chi connectivity index (χ0v) is 8.05. The second kappa shape index (κ2) is 3.71. The summed E-state index contributed by atoms with van der Waals surface area (Å²) in [6, 6.07) is 7.03. The number of aliphatic hydroxyl groups excluding tert-OH is 1. The van der Waals surface area contributed by atoms with Crippen molar-refractivity contribution in [2.75, 3.05) is 18.0 Å². The van der Waals surface area contributed by atoms with Crippen LogP contribution in [0.2, 0.25) is 0 Å². The van der Waals surface area contributed by atoms with Crippen molar-refractivity contribution in [2.24, 2.45) is 0 Å². The highest BCUT2D eigenvalue weighted by Crippen LogP contribution is 2.25. The van der Waals surface area contributed by atoms with Crippen molar-refractivity contribution in [3.63, 3.8) is 0 Å². The maximum atomic E-state index is 10.5. The van der Waals surface area contributed by atoms with E-state index in [1.165, 1.54) is 0 Å². The molecule has 0 unspecified atom stereocenters. The van der Waals surface area contributed by atoms with E-state index in [1.807, 2.05) is 4.90 Å². The van der Waals surface area contributed by atoms with Crippen molar-refractivity contribution in [3.8, 4) is 6.07 Å². The van der Waals surface area contributed by atoms with Gasteiger partial charge in [-0.25, -0.2) is 0 Å². The van der Waals surface area contributed by atoms with E-state index in [0.29, 0.717) is 24.2 Å². The number of hydrogen-bond acceptors (Lipinski definition) is 4. The largest absolute Gasteiger partial charge is 0.389 e. The van der Waals surface area contributed by atoms with Crippen molar-refractivity contribution >= 4 is 12.0 Å². The molecular weight excluding hydrogens is 192 g/mol. The third-order valence-electron chi connectivity index (χ3n) is 2.48. The zero-order valence-electron chi connectivity index (χ0n) is 8.05. The number of anilines is 1. The van der Waals surface area contributed by atoms with E-state index in [0.717, 1.165) is 12.0 Å². The van der Waals surface area contributed by atoms with Crippen LogP contribution < -0.4 is 4.90 Å². The molecule has 15 heavy (non-hydrogen) atoms. The van der Waals surface area contributed by atoms with Gasteiger partial charge in [0.25, 0.3) is 0 Å². The van der Waals surface area contributed by atoms with Gasteiger partial charge < -0.3 is 10.0 Å². The number of nitriles is 1. The third-order valence-corrected chi connectivity index (χ3v) is 2.48. The topological polar surface area (TPSA) is 64.3 Å². The molecule has 0 bridgehead atoms. The van der Waals surface area contributed by atoms with Crippen LogP contribution in [-0.4, -0.2) is 30.6 Å². The first-order valence-corrected chi connectivity index (χ1v) is 4.67. The van der Waals surface area contributed by atoms with E-state index >= 15 is 0 Å². The summed E-state index contributed by atoms with van der Waals surface area (Å²) >= 11 is 0. The van der Waals surface area contributed by atoms with E-state index in [2.05, 4.69) is 6.07 Å². The summed E-state index contributed by atoms with van der Waals surface area (Å²) in [6.07, 6.45) is 0.414. The van der Waals surface area contributed by atoms with Gasteiger partial charge in [-0.05, 0) is 18.2 Å². The van der Waals surface area contributed by atoms with Gasteiger partial charge in [0.1, 0.15) is 12.4 Å². The molecule has 1 saturated heterocycles. The average Bonchev–Trinajstić information content (AvgIpc) is 2.24. The van der Waals surface area contributed by atoms with Gasteiger partial charge in [0.15, 0.2) is 0 Å². The SMILES string of the molecule is N#Cc1cc(C=O)ccc1N1CC(O)C1. The number of β-amino-alcohol motifs (C(OH)–C–C–N with tert-alkyl or cyclic N) is 1. The fourth-order valence-corrected chi connectivity index (χ4v) is 1.64. The first kappa shape index (κ1) is 9.69. The number of carbonyl (C=O) groups excluding carboxylic acids is 1. The summed E-state index contributed by atoms with van der Waals surface area (Å²) < 4.78 is 0. The predicted molar refractivity (Wildman–Crippen MR) is 54.8 cm³/mol. The molecule has 1 aromatic carbocycles. The van der Waals surface area contributed by atoms with Gasteiger partial charge in [-0.3, -0.25) is 4.79 Å². The maximum absolute atomic E-state index is 10.5. The van der Waals surface area contributed by atoms with Crippen molar-refractivity contribution in [1.29, 1.82) is 5.26 Å². The fraction of sp³-hybridized carbons (Fsp3) is 0.273. The standard InChI is InChI=1S/C11H10N2O2/c12-4-9-3-8(7-14)1-2-11(9)13-5-10(15)6-13/h1-3,7,10,15H,5-6H2. The zero-order chi connectivity index (χ0) is 10.8. The van der Waals surface area contributed by atoms with Crippen LogP contribution in [0.15, 0.2) is 18.2 Å². The molecule has 0 aliphatic carbocycles. The summed E-state index contributed by atoms with van der Waals surface area (Å²) in [4.78, 5) is 12.4. The molecule has 4 heteroatoms. The van der Waals surface area contributed by atoms with Crippen LogP contribution in [0.1, 0.15) is 15.9 Å². The smallest absolute Gasteiger partial charge is 0.150 e. The minimum atomic E-state index is -0.303. The van der Waals surface area contributed by atoms with Crippen LogP contribution in [0.5, 0.6) is 0 Å². The van der Waals surface area contributed by atoms with Gasteiger partial charge in [-0.2, -0.15) is 5.26 Å². The lowest BCUT2D eigenvalue weighted by Crippen LogP contribution is -2.51. The van der Waals surface area contributed by atoms with E-state index < -0.39 is 0 Å². The van der Waals surface area contributed by atoms with E-state index in [-0.39, 0.29) is 6.10 Å². The second-order valence-corrected chi connectivity index (χ2v) is 3.57. The molecule has 2 rings (SSSR count). The minimum Gasteiger partial charge on any atom is -0.389 e. The normalized spacial score (nSPS) is 15.6. The summed E-state index contributed by atoms with van der Waals surface area (Å²) in [7, 11) is 0. The summed E-state index contributed by atoms with van der Waals surface area (Å²) in [5.74, 6) is 0. The second-order valence-electron chi connectivity index (χ2n) is 3.57. The number of nitrogens with zero attached hydrogens (tertiary/aromatic N) is 2. The quantitative estimate of drug-likeness (QED) is 0.711. The Morgan fingerprint density at radius 3 is 2.80 bits per heavy atom. The monoisotopic (exact) mass is 202 g/mol. The lowest BCUT2D eigenvalue weighted by Gasteiger charge is -2.38. The first-order valence-electron chi connectivity index (χ1n) is 4.67. The van der Waals surface area contributed by atoms with Gasteiger partial charge in [0, 0.05) is 18.7 Å². The molecule has 4 nitrogen and oxygen atoms in total. The molecule has 76 valence electrons. The fourth-order valence-electron chi connectivity index (χ4n) is 1.64. The molecule has 0 radical (unpaired) electrons. The molecule has 1 heterocycles. The molecule has 0 amide bonds. The molecule has 1 aliphatic rings. The first-order chi connectivity index (χ1) is 7.24. The molecule has 1 N–H and O–H groups in total. The lowest BCUT2D eigenvalue weighted by atomic mass is 10.0. The van der Waals surface area contributed by atoms with Crippen molar-refractivity contribution in [2.45, 2.75) is 6.10 Å². The van der Waals surface area contributed by atoms with Crippen LogP contribution in [-0.2, 0) is 0 Å². The summed E-state index contributed by atoms with van der Waals surface area (Å²) in [6.45, 7) is 1.10. The summed E-state index contributed by atoms with van der Waals surface area (Å²) in [5, 5.41) is 18.1. The van der Waals surface area contributed by atoms with Crippen LogP contribution in [0.4, 0.5) is 5.69 Å². The number of hydrogen-bond donors (Lipinski definition) is 1. The third kappa shape index (κ3) is 1.69. The lowest BCUT2D eigenvalue weighted by molar-refractivity contribution is 0.112. The molecule has 0 spiro atoms. The predicted octanol–water partition coefficient (Wildman–Crippen LogP) is 0.552.